The van der Waals surface area contributed by atoms with Gasteiger partial charge in [-0.15, -0.1) is 0 Å². The molecule has 0 saturated heterocycles. The molecule has 0 bridgehead atoms. The number of ketones is 1. The van der Waals surface area contributed by atoms with Gasteiger partial charge >= 0.3 is 0 Å². The highest BCUT2D eigenvalue weighted by atomic mass is 16.3. The number of rotatable bonds is 0. The van der Waals surface area contributed by atoms with Crippen molar-refractivity contribution < 1.29 is 15.0 Å². The molecule has 8 atom stereocenters. The second-order valence-electron chi connectivity index (χ2n) is 9.15. The van der Waals surface area contributed by atoms with Crippen LogP contribution >= 0.6 is 0 Å². The molecule has 0 aliphatic heterocycles. The van der Waals surface area contributed by atoms with E-state index in [0.29, 0.717) is 29.5 Å². The van der Waals surface area contributed by atoms with Gasteiger partial charge < -0.3 is 10.2 Å². The Labute approximate surface area is 133 Å². The summed E-state index contributed by atoms with van der Waals surface area (Å²) in [4.78, 5) is 12.4. The van der Waals surface area contributed by atoms with Crippen LogP contribution in [0.5, 0.6) is 0 Å². The molecule has 0 aromatic heterocycles. The van der Waals surface area contributed by atoms with E-state index in [0.717, 1.165) is 38.5 Å². The van der Waals surface area contributed by atoms with E-state index in [-0.39, 0.29) is 10.8 Å². The minimum absolute atomic E-state index is 0.0584. The van der Waals surface area contributed by atoms with Gasteiger partial charge in [0.2, 0.25) is 0 Å². The van der Waals surface area contributed by atoms with E-state index in [1.54, 1.807) is 0 Å². The summed E-state index contributed by atoms with van der Waals surface area (Å²) in [5, 5.41) is 20.3. The van der Waals surface area contributed by atoms with Gasteiger partial charge in [-0.2, -0.15) is 0 Å². The molecule has 4 aliphatic carbocycles. The van der Waals surface area contributed by atoms with Crippen LogP contribution in [0, 0.1) is 34.5 Å². The number of carbonyl (C=O) groups excluding carboxylic acids is 1. The Morgan fingerprint density at radius 3 is 2.55 bits per heavy atom. The lowest BCUT2D eigenvalue weighted by Gasteiger charge is -2.60. The molecular weight excluding hydrogens is 276 g/mol. The van der Waals surface area contributed by atoms with Crippen LogP contribution in [-0.2, 0) is 4.79 Å². The van der Waals surface area contributed by atoms with Crippen molar-refractivity contribution in [2.75, 3.05) is 0 Å². The standard InChI is InChI=1S/C19H30O3/c1-18-8-7-14-12(13(18)5-6-17(18)22)4-3-11-9-15(20)16(21)10-19(11,14)2/h11-16,20-21H,3-10H2,1-2H3/t11?,12-,13-,14+,15?,16?,18-,19-/m0/s1. The van der Waals surface area contributed by atoms with E-state index in [2.05, 4.69) is 13.8 Å². The van der Waals surface area contributed by atoms with Gasteiger partial charge in [0.1, 0.15) is 5.78 Å². The number of carbonyl (C=O) groups is 1. The lowest BCUT2D eigenvalue weighted by Crippen LogP contribution is -2.56. The topological polar surface area (TPSA) is 57.5 Å². The molecule has 124 valence electrons. The van der Waals surface area contributed by atoms with E-state index in [9.17, 15) is 15.0 Å². The summed E-state index contributed by atoms with van der Waals surface area (Å²) in [7, 11) is 0. The minimum Gasteiger partial charge on any atom is -0.390 e. The molecule has 0 heterocycles. The van der Waals surface area contributed by atoms with Crippen LogP contribution in [0.2, 0.25) is 0 Å². The third-order valence-electron chi connectivity index (χ3n) is 8.39. The van der Waals surface area contributed by atoms with Crippen molar-refractivity contribution in [1.82, 2.24) is 0 Å². The molecule has 4 fully saturated rings. The van der Waals surface area contributed by atoms with E-state index in [1.165, 1.54) is 12.8 Å². The summed E-state index contributed by atoms with van der Waals surface area (Å²) in [6.07, 6.45) is 6.87. The first-order chi connectivity index (χ1) is 10.4. The fourth-order valence-corrected chi connectivity index (χ4v) is 7.05. The first-order valence-corrected chi connectivity index (χ1v) is 9.25. The highest BCUT2D eigenvalue weighted by Gasteiger charge is 2.60. The zero-order valence-electron chi connectivity index (χ0n) is 13.9. The minimum atomic E-state index is -0.557. The maximum Gasteiger partial charge on any atom is 0.139 e. The molecule has 3 unspecified atom stereocenters. The van der Waals surface area contributed by atoms with Crippen molar-refractivity contribution in [3.63, 3.8) is 0 Å². The first-order valence-electron chi connectivity index (χ1n) is 9.25. The number of fused-ring (bicyclic) bond motifs is 5. The number of Topliss-reactive ketones (excluding diaryl/α,β-unsaturated/α-hetero) is 1. The Balaban J connectivity index is 1.65. The SMILES string of the molecule is C[C@]12CC(O)C(O)CC1CC[C@@H]1[C@H]2CC[C@]2(C)C(=O)CC[C@@H]12. The van der Waals surface area contributed by atoms with E-state index in [1.807, 2.05) is 0 Å². The van der Waals surface area contributed by atoms with E-state index >= 15 is 0 Å². The molecular formula is C19H30O3. The summed E-state index contributed by atoms with van der Waals surface area (Å²) < 4.78 is 0. The summed E-state index contributed by atoms with van der Waals surface area (Å²) in [6, 6.07) is 0. The molecule has 0 aromatic carbocycles. The quantitative estimate of drug-likeness (QED) is 0.723. The molecule has 3 nitrogen and oxygen atoms in total. The van der Waals surface area contributed by atoms with Crippen LogP contribution in [0.3, 0.4) is 0 Å². The zero-order valence-corrected chi connectivity index (χ0v) is 13.9. The number of aliphatic hydroxyl groups excluding tert-OH is 2. The molecule has 2 N–H and O–H groups in total. The van der Waals surface area contributed by atoms with Gasteiger partial charge in [0, 0.05) is 11.8 Å². The second-order valence-corrected chi connectivity index (χ2v) is 9.15. The largest absolute Gasteiger partial charge is 0.390 e. The van der Waals surface area contributed by atoms with Crippen molar-refractivity contribution in [2.24, 2.45) is 34.5 Å². The maximum atomic E-state index is 12.4. The fraction of sp³-hybridized carbons (Fsp3) is 0.947. The van der Waals surface area contributed by atoms with Gasteiger partial charge in [0.25, 0.3) is 0 Å². The third-order valence-corrected chi connectivity index (χ3v) is 8.39. The highest BCUT2D eigenvalue weighted by molar-refractivity contribution is 5.87. The van der Waals surface area contributed by atoms with Gasteiger partial charge in [0.05, 0.1) is 12.2 Å². The first kappa shape index (κ1) is 15.1. The lowest BCUT2D eigenvalue weighted by molar-refractivity contribution is -0.160. The molecule has 4 aliphatic rings. The normalized spacial score (nSPS) is 57.9. The average molecular weight is 306 g/mol. The van der Waals surface area contributed by atoms with Crippen LogP contribution in [0.1, 0.15) is 65.2 Å². The van der Waals surface area contributed by atoms with Gasteiger partial charge in [-0.25, -0.2) is 0 Å². The highest BCUT2D eigenvalue weighted by Crippen LogP contribution is 2.65. The number of aliphatic hydroxyl groups is 2. The molecule has 0 aromatic rings. The molecule has 0 spiro atoms. The third kappa shape index (κ3) is 1.84. The molecule has 4 rings (SSSR count). The predicted octanol–water partition coefficient (Wildman–Crippen LogP) is 2.93. The zero-order chi connectivity index (χ0) is 15.7. The van der Waals surface area contributed by atoms with Crippen molar-refractivity contribution >= 4 is 5.78 Å². The van der Waals surface area contributed by atoms with Crippen LogP contribution in [0.15, 0.2) is 0 Å². The van der Waals surface area contributed by atoms with Gasteiger partial charge in [0.15, 0.2) is 0 Å². The van der Waals surface area contributed by atoms with E-state index < -0.39 is 12.2 Å². The Hall–Kier alpha value is -0.410. The van der Waals surface area contributed by atoms with Gasteiger partial charge in [-0.1, -0.05) is 13.8 Å². The molecule has 0 amide bonds. The molecule has 4 saturated carbocycles. The monoisotopic (exact) mass is 306 g/mol. The fourth-order valence-electron chi connectivity index (χ4n) is 7.05. The van der Waals surface area contributed by atoms with Crippen molar-refractivity contribution in [1.29, 1.82) is 0 Å². The summed E-state index contributed by atoms with van der Waals surface area (Å²) in [6.45, 7) is 4.58. The van der Waals surface area contributed by atoms with E-state index in [4.69, 9.17) is 0 Å². The van der Waals surface area contributed by atoms with Crippen LogP contribution in [0.25, 0.3) is 0 Å². The van der Waals surface area contributed by atoms with Crippen molar-refractivity contribution in [3.05, 3.63) is 0 Å². The lowest BCUT2D eigenvalue weighted by atomic mass is 9.45. The summed E-state index contributed by atoms with van der Waals surface area (Å²) in [5.41, 5.74) is 0.103. The Bertz CT molecular complexity index is 489. The predicted molar refractivity (Wildman–Crippen MR) is 84.1 cm³/mol. The molecule has 22 heavy (non-hydrogen) atoms. The molecule has 3 heteroatoms. The van der Waals surface area contributed by atoms with Crippen molar-refractivity contribution in [2.45, 2.75) is 77.4 Å². The van der Waals surface area contributed by atoms with Gasteiger partial charge in [-0.05, 0) is 74.0 Å². The number of hydrogen-bond acceptors (Lipinski definition) is 3. The Kier molecular flexibility index (Phi) is 3.30. The summed E-state index contributed by atoms with van der Waals surface area (Å²) >= 11 is 0. The summed E-state index contributed by atoms with van der Waals surface area (Å²) in [5.74, 6) is 2.92. The van der Waals surface area contributed by atoms with Crippen LogP contribution < -0.4 is 0 Å². The molecule has 0 radical (unpaired) electrons. The second kappa shape index (κ2) is 4.80. The Morgan fingerprint density at radius 2 is 1.77 bits per heavy atom. The van der Waals surface area contributed by atoms with Gasteiger partial charge in [-0.3, -0.25) is 4.79 Å². The maximum absolute atomic E-state index is 12.4. The van der Waals surface area contributed by atoms with Crippen molar-refractivity contribution in [3.8, 4) is 0 Å². The smallest absolute Gasteiger partial charge is 0.139 e. The average Bonchev–Trinajstić information content (AvgIpc) is 2.77. The van der Waals surface area contributed by atoms with Crippen LogP contribution in [0.4, 0.5) is 0 Å². The number of hydrogen-bond donors (Lipinski definition) is 2. The van der Waals surface area contributed by atoms with Crippen LogP contribution in [-0.4, -0.2) is 28.2 Å². The Morgan fingerprint density at radius 1 is 1.00 bits per heavy atom.